The minimum atomic E-state index is 0. The molecule has 1 aliphatic rings. The van der Waals surface area contributed by atoms with Crippen LogP contribution in [0.1, 0.15) is 12.8 Å². The van der Waals surface area contributed by atoms with Crippen molar-refractivity contribution in [3.63, 3.8) is 0 Å². The summed E-state index contributed by atoms with van der Waals surface area (Å²) in [6.07, 6.45) is 11.0. The summed E-state index contributed by atoms with van der Waals surface area (Å²) < 4.78 is 0. The molecule has 7 heavy (non-hydrogen) atoms. The minimum absolute atomic E-state index is 0. The van der Waals surface area contributed by atoms with E-state index in [-0.39, 0.29) is 17.1 Å². The summed E-state index contributed by atoms with van der Waals surface area (Å²) in [5.74, 6) is 0. The van der Waals surface area contributed by atoms with Gasteiger partial charge in [-0.15, -0.1) is 0 Å². The Hall–Kier alpha value is -0.000519. The second-order valence-corrected chi connectivity index (χ2v) is 1.41. The van der Waals surface area contributed by atoms with Crippen LogP contribution in [0.5, 0.6) is 0 Å². The third-order valence-corrected chi connectivity index (χ3v) is 0.878. The number of hydrogen-bond donors (Lipinski definition) is 0. The summed E-state index contributed by atoms with van der Waals surface area (Å²) in [5.41, 5.74) is 0. The molecule has 0 saturated carbocycles. The van der Waals surface area contributed by atoms with E-state index in [1.54, 1.807) is 0 Å². The van der Waals surface area contributed by atoms with Crippen molar-refractivity contribution in [3.05, 3.63) is 24.3 Å². The molecule has 0 nitrogen and oxygen atoms in total. The van der Waals surface area contributed by atoms with Gasteiger partial charge in [0.2, 0.25) is 0 Å². The third-order valence-electron chi connectivity index (χ3n) is 0.878. The Bertz CT molecular complexity index is 62.2. The molecule has 0 aromatic carbocycles. The Balaban J connectivity index is 0.000000360. The molecule has 0 N–H and O–H groups in total. The van der Waals surface area contributed by atoms with Crippen LogP contribution >= 0.6 is 0 Å². The summed E-state index contributed by atoms with van der Waals surface area (Å²) >= 11 is 0. The topological polar surface area (TPSA) is 0 Å². The van der Waals surface area contributed by atoms with Crippen LogP contribution in [0.4, 0.5) is 0 Å². The molecule has 0 aromatic heterocycles. The van der Waals surface area contributed by atoms with Crippen molar-refractivity contribution in [2.75, 3.05) is 0 Å². The van der Waals surface area contributed by atoms with Gasteiger partial charge in [-0.25, -0.2) is 0 Å². The normalized spacial score (nSPS) is 16.0. The maximum atomic E-state index is 2.18. The van der Waals surface area contributed by atoms with E-state index in [0.717, 1.165) is 12.8 Å². The van der Waals surface area contributed by atoms with Crippen molar-refractivity contribution in [1.82, 2.24) is 0 Å². The molecule has 0 amide bonds. The van der Waals surface area contributed by atoms with Gasteiger partial charge in [-0.1, -0.05) is 24.3 Å². The van der Waals surface area contributed by atoms with Gasteiger partial charge < -0.3 is 0 Å². The fraction of sp³-hybridized carbons (Fsp3) is 0.333. The van der Waals surface area contributed by atoms with E-state index in [0.29, 0.717) is 0 Å². The van der Waals surface area contributed by atoms with Crippen molar-refractivity contribution >= 4 is 0 Å². The summed E-state index contributed by atoms with van der Waals surface area (Å²) in [4.78, 5) is 0. The van der Waals surface area contributed by atoms with Crippen LogP contribution in [0.3, 0.4) is 0 Å². The standard InChI is InChI=1S/C6H8.Mn/c1-2-4-6-5-3-1;/h1-2,5-6H,3-4H2;. The van der Waals surface area contributed by atoms with E-state index in [2.05, 4.69) is 24.3 Å². The summed E-state index contributed by atoms with van der Waals surface area (Å²) in [7, 11) is 0. The van der Waals surface area contributed by atoms with Gasteiger partial charge >= 0.3 is 0 Å². The Kier molecular flexibility index (Phi) is 4.17. The smallest absolute Gasteiger partial charge is 0 e. The summed E-state index contributed by atoms with van der Waals surface area (Å²) in [5, 5.41) is 0. The van der Waals surface area contributed by atoms with Crippen LogP contribution in [0.25, 0.3) is 0 Å². The van der Waals surface area contributed by atoms with Gasteiger partial charge in [0.25, 0.3) is 0 Å². The van der Waals surface area contributed by atoms with Crippen LogP contribution < -0.4 is 0 Å². The molecule has 0 heterocycles. The predicted molar refractivity (Wildman–Crippen MR) is 27.5 cm³/mol. The Morgan fingerprint density at radius 3 is 1.14 bits per heavy atom. The van der Waals surface area contributed by atoms with E-state index < -0.39 is 0 Å². The Morgan fingerprint density at radius 1 is 0.714 bits per heavy atom. The average Bonchev–Trinajstić information content (AvgIpc) is 1.72. The van der Waals surface area contributed by atoms with E-state index in [9.17, 15) is 0 Å². The van der Waals surface area contributed by atoms with Crippen molar-refractivity contribution in [1.29, 1.82) is 0 Å². The molecule has 0 spiro atoms. The Morgan fingerprint density at radius 2 is 1.00 bits per heavy atom. The maximum absolute atomic E-state index is 2.18. The van der Waals surface area contributed by atoms with Crippen LogP contribution in [0.2, 0.25) is 0 Å². The third kappa shape index (κ3) is 2.67. The molecule has 0 saturated heterocycles. The molecule has 0 unspecified atom stereocenters. The van der Waals surface area contributed by atoms with Gasteiger partial charge in [0, 0.05) is 17.1 Å². The molecular weight excluding hydrogens is 127 g/mol. The Labute approximate surface area is 54.8 Å². The van der Waals surface area contributed by atoms with Crippen molar-refractivity contribution in [3.8, 4) is 0 Å². The molecule has 0 aromatic rings. The molecule has 0 atom stereocenters. The minimum Gasteiger partial charge on any atom is -0.0844 e. The zero-order chi connectivity index (χ0) is 4.24. The van der Waals surface area contributed by atoms with Gasteiger partial charge in [0.05, 0.1) is 0 Å². The first-order valence-electron chi connectivity index (χ1n) is 2.30. The van der Waals surface area contributed by atoms with E-state index in [1.165, 1.54) is 0 Å². The van der Waals surface area contributed by atoms with Gasteiger partial charge in [0.1, 0.15) is 0 Å². The maximum Gasteiger partial charge on any atom is 0 e. The fourth-order valence-electron chi connectivity index (χ4n) is 0.542. The summed E-state index contributed by atoms with van der Waals surface area (Å²) in [6, 6.07) is 0. The number of allylic oxidation sites excluding steroid dienone is 4. The monoisotopic (exact) mass is 135 g/mol. The molecule has 0 bridgehead atoms. The van der Waals surface area contributed by atoms with Gasteiger partial charge in [-0.05, 0) is 12.8 Å². The molecule has 0 fully saturated rings. The van der Waals surface area contributed by atoms with E-state index >= 15 is 0 Å². The fourth-order valence-corrected chi connectivity index (χ4v) is 0.542. The van der Waals surface area contributed by atoms with E-state index in [4.69, 9.17) is 0 Å². The predicted octanol–water partition coefficient (Wildman–Crippen LogP) is 1.89. The quantitative estimate of drug-likeness (QED) is 0.351. The van der Waals surface area contributed by atoms with Crippen molar-refractivity contribution < 1.29 is 17.1 Å². The molecule has 1 radical (unpaired) electrons. The average molecular weight is 135 g/mol. The summed E-state index contributed by atoms with van der Waals surface area (Å²) in [6.45, 7) is 0. The van der Waals surface area contributed by atoms with Crippen LogP contribution in [0, 0.1) is 0 Å². The SMILES string of the molecule is C1=CCC=CC1.[Mn]. The second-order valence-electron chi connectivity index (χ2n) is 1.41. The molecule has 0 aliphatic heterocycles. The zero-order valence-corrected chi connectivity index (χ0v) is 5.28. The first kappa shape index (κ1) is 7.00. The zero-order valence-electron chi connectivity index (χ0n) is 4.10. The number of hydrogen-bond acceptors (Lipinski definition) is 0. The first-order chi connectivity index (χ1) is 3.00. The van der Waals surface area contributed by atoms with Gasteiger partial charge in [-0.2, -0.15) is 0 Å². The van der Waals surface area contributed by atoms with Gasteiger partial charge in [0.15, 0.2) is 0 Å². The van der Waals surface area contributed by atoms with Gasteiger partial charge in [-0.3, -0.25) is 0 Å². The molecule has 39 valence electrons. The van der Waals surface area contributed by atoms with Crippen molar-refractivity contribution in [2.24, 2.45) is 0 Å². The first-order valence-corrected chi connectivity index (χ1v) is 2.30. The van der Waals surface area contributed by atoms with Crippen LogP contribution in [0.15, 0.2) is 24.3 Å². The molecular formula is C6H8Mn. The van der Waals surface area contributed by atoms with Crippen LogP contribution in [-0.2, 0) is 17.1 Å². The van der Waals surface area contributed by atoms with Crippen LogP contribution in [-0.4, -0.2) is 0 Å². The van der Waals surface area contributed by atoms with E-state index in [1.807, 2.05) is 0 Å². The molecule has 1 aliphatic carbocycles. The largest absolute Gasteiger partial charge is 0.0844 e. The van der Waals surface area contributed by atoms with Crippen molar-refractivity contribution in [2.45, 2.75) is 12.8 Å². The molecule has 1 heteroatoms. The second kappa shape index (κ2) is 4.17. The molecule has 1 rings (SSSR count). The number of rotatable bonds is 0.